The van der Waals surface area contributed by atoms with Gasteiger partial charge in [-0.25, -0.2) is 0 Å². The van der Waals surface area contributed by atoms with Crippen molar-refractivity contribution in [3.8, 4) is 0 Å². The average Bonchev–Trinajstić information content (AvgIpc) is 2.99. The third-order valence-corrected chi connectivity index (χ3v) is 5.23. The Morgan fingerprint density at radius 2 is 1.96 bits per heavy atom. The van der Waals surface area contributed by atoms with E-state index in [-0.39, 0.29) is 17.7 Å². The Morgan fingerprint density at radius 3 is 2.48 bits per heavy atom. The van der Waals surface area contributed by atoms with Gasteiger partial charge in [-0.2, -0.15) is 0 Å². The van der Waals surface area contributed by atoms with E-state index in [0.717, 1.165) is 14.1 Å². The smallest absolute Gasteiger partial charge is 0.282 e. The molecule has 1 amide bonds. The first kappa shape index (κ1) is 19.4. The number of Topliss-reactive ketones (excluding diaryl/α,β-unsaturated/α-hetero) is 1. The predicted molar refractivity (Wildman–Crippen MR) is 104 cm³/mol. The van der Waals surface area contributed by atoms with Crippen molar-refractivity contribution >= 4 is 40.3 Å². The van der Waals surface area contributed by atoms with Gasteiger partial charge >= 0.3 is 0 Å². The zero-order chi connectivity index (χ0) is 18.4. The van der Waals surface area contributed by atoms with Crippen molar-refractivity contribution in [1.82, 2.24) is 0 Å². The molecule has 2 rings (SSSR count). The summed E-state index contributed by atoms with van der Waals surface area (Å²) in [6.45, 7) is 8.59. The Bertz CT molecular complexity index is 755. The van der Waals surface area contributed by atoms with E-state index in [0.29, 0.717) is 24.3 Å². The number of benzene rings is 1. The lowest BCUT2D eigenvalue weighted by atomic mass is 10.1. The summed E-state index contributed by atoms with van der Waals surface area (Å²) in [6.07, 6.45) is 1.82. The van der Waals surface area contributed by atoms with Gasteiger partial charge in [-0.15, -0.1) is 11.3 Å². The molecular weight excluding hydrogens is 356 g/mol. The van der Waals surface area contributed by atoms with E-state index >= 15 is 0 Å². The van der Waals surface area contributed by atoms with Crippen LogP contribution in [0.15, 0.2) is 49.1 Å². The number of ketones is 1. The predicted octanol–water partition coefficient (Wildman–Crippen LogP) is 3.20. The molecule has 2 N–H and O–H groups in total. The van der Waals surface area contributed by atoms with Gasteiger partial charge in [0.15, 0.2) is 11.8 Å². The van der Waals surface area contributed by atoms with Gasteiger partial charge in [-0.05, 0) is 56.3 Å². The van der Waals surface area contributed by atoms with Crippen molar-refractivity contribution in [2.45, 2.75) is 26.4 Å². The molecule has 0 aliphatic heterocycles. The molecule has 2 aromatic rings. The van der Waals surface area contributed by atoms with E-state index in [2.05, 4.69) is 11.9 Å². The average molecular weight is 378 g/mol. The van der Waals surface area contributed by atoms with E-state index in [1.807, 2.05) is 25.1 Å². The second-order valence-corrected chi connectivity index (χ2v) is 7.68. The zero-order valence-electron chi connectivity index (χ0n) is 14.3. The second-order valence-electron chi connectivity index (χ2n) is 5.88. The highest BCUT2D eigenvalue weighted by Crippen LogP contribution is 2.20. The summed E-state index contributed by atoms with van der Waals surface area (Å²) >= 11 is 7.52. The number of thiophene rings is 1. The zero-order valence-corrected chi connectivity index (χ0v) is 15.9. The van der Waals surface area contributed by atoms with Gasteiger partial charge in [0, 0.05) is 11.3 Å². The van der Waals surface area contributed by atoms with Crippen molar-refractivity contribution in [2.24, 2.45) is 0 Å². The summed E-state index contributed by atoms with van der Waals surface area (Å²) in [4.78, 5) is 26.1. The molecular formula is C19H22ClN2O2S+. The number of rotatable bonds is 8. The molecule has 2 atom stereocenters. The molecule has 0 bridgehead atoms. The summed E-state index contributed by atoms with van der Waals surface area (Å²) in [7, 11) is 0. The van der Waals surface area contributed by atoms with Crippen LogP contribution in [-0.4, -0.2) is 24.3 Å². The van der Waals surface area contributed by atoms with Gasteiger partial charge in [-0.1, -0.05) is 18.2 Å². The van der Waals surface area contributed by atoms with Gasteiger partial charge < -0.3 is 10.2 Å². The lowest BCUT2D eigenvalue weighted by Crippen LogP contribution is -3.15. The molecule has 0 fully saturated rings. The topological polar surface area (TPSA) is 50.6 Å². The van der Waals surface area contributed by atoms with E-state index in [9.17, 15) is 9.59 Å². The van der Waals surface area contributed by atoms with E-state index in [1.165, 1.54) is 18.3 Å². The molecule has 0 radical (unpaired) electrons. The number of carbonyl (C=O) groups is 2. The normalized spacial score (nSPS) is 13.1. The number of carbonyl (C=O) groups excluding carboxylic acids is 2. The maximum Gasteiger partial charge on any atom is 0.282 e. The van der Waals surface area contributed by atoms with E-state index < -0.39 is 0 Å². The fraction of sp³-hybridized carbons (Fsp3) is 0.263. The van der Waals surface area contributed by atoms with Crippen molar-refractivity contribution in [3.63, 3.8) is 0 Å². The number of quaternary nitrogens is 1. The molecule has 1 unspecified atom stereocenters. The molecule has 25 heavy (non-hydrogen) atoms. The third kappa shape index (κ3) is 5.53. The van der Waals surface area contributed by atoms with E-state index in [1.54, 1.807) is 24.3 Å². The molecule has 1 heterocycles. The van der Waals surface area contributed by atoms with Crippen LogP contribution < -0.4 is 10.2 Å². The first-order valence-corrected chi connectivity index (χ1v) is 9.21. The number of amides is 1. The lowest BCUT2D eigenvalue weighted by molar-refractivity contribution is -0.921. The van der Waals surface area contributed by atoms with Gasteiger partial charge in [0.05, 0.1) is 15.8 Å². The first-order valence-electron chi connectivity index (χ1n) is 8.02. The highest BCUT2D eigenvalue weighted by molar-refractivity contribution is 7.16. The van der Waals surface area contributed by atoms with Gasteiger partial charge in [0.2, 0.25) is 0 Å². The summed E-state index contributed by atoms with van der Waals surface area (Å²) in [5, 5.41) is 2.91. The van der Waals surface area contributed by atoms with Crippen molar-refractivity contribution in [1.29, 1.82) is 0 Å². The van der Waals surface area contributed by atoms with Crippen molar-refractivity contribution < 1.29 is 14.5 Å². The SMILES string of the molecule is C=CC[NH+](Cc1ccc(Cl)s1)[C@@H](C)C(=O)Nc1ccc(C(C)=O)cc1. The molecule has 0 aliphatic carbocycles. The third-order valence-electron chi connectivity index (χ3n) is 4.00. The molecule has 0 saturated carbocycles. The van der Waals surface area contributed by atoms with Crippen LogP contribution in [0.4, 0.5) is 5.69 Å². The number of hydrogen-bond donors (Lipinski definition) is 2. The molecule has 1 aromatic heterocycles. The highest BCUT2D eigenvalue weighted by Gasteiger charge is 2.25. The molecule has 0 aliphatic rings. The van der Waals surface area contributed by atoms with Crippen LogP contribution >= 0.6 is 22.9 Å². The summed E-state index contributed by atoms with van der Waals surface area (Å²) in [6, 6.07) is 10.5. The van der Waals surface area contributed by atoms with E-state index in [4.69, 9.17) is 11.6 Å². The molecule has 0 spiro atoms. The number of halogens is 1. The Kier molecular flexibility index (Phi) is 6.93. The summed E-state index contributed by atoms with van der Waals surface area (Å²) < 4.78 is 0.746. The maximum absolute atomic E-state index is 12.6. The maximum atomic E-state index is 12.6. The van der Waals surface area contributed by atoms with Crippen LogP contribution in [0.5, 0.6) is 0 Å². The first-order chi connectivity index (χ1) is 11.9. The van der Waals surface area contributed by atoms with Crippen LogP contribution in [0, 0.1) is 0 Å². The van der Waals surface area contributed by atoms with Gasteiger partial charge in [-0.3, -0.25) is 9.59 Å². The van der Waals surface area contributed by atoms with Crippen LogP contribution in [0.25, 0.3) is 0 Å². The monoisotopic (exact) mass is 377 g/mol. The summed E-state index contributed by atoms with van der Waals surface area (Å²) in [5.41, 5.74) is 1.30. The second kappa shape index (κ2) is 8.94. The summed E-state index contributed by atoms with van der Waals surface area (Å²) in [5.74, 6) is -0.0717. The molecule has 6 heteroatoms. The standard InChI is InChI=1S/C19H21ClN2O2S/c1-4-11-22(12-17-9-10-18(20)25-17)13(2)19(24)21-16-7-5-15(6-8-16)14(3)23/h4-10,13H,1,11-12H2,2-3H3,(H,21,24)/p+1/t13-/m0/s1. The van der Waals surface area contributed by atoms with Gasteiger partial charge in [0.1, 0.15) is 6.54 Å². The molecule has 132 valence electrons. The minimum absolute atomic E-state index is 0.00227. The molecule has 4 nitrogen and oxygen atoms in total. The Balaban J connectivity index is 2.04. The fourth-order valence-electron chi connectivity index (χ4n) is 2.48. The van der Waals surface area contributed by atoms with Crippen molar-refractivity contribution in [2.75, 3.05) is 11.9 Å². The van der Waals surface area contributed by atoms with Crippen LogP contribution in [0.1, 0.15) is 29.1 Å². The Labute approximate surface area is 157 Å². The highest BCUT2D eigenvalue weighted by atomic mass is 35.5. The minimum Gasteiger partial charge on any atom is -0.321 e. The largest absolute Gasteiger partial charge is 0.321 e. The van der Waals surface area contributed by atoms with Crippen LogP contribution in [0.2, 0.25) is 4.34 Å². The number of nitrogens with one attached hydrogen (secondary N) is 2. The van der Waals surface area contributed by atoms with Crippen molar-refractivity contribution in [3.05, 3.63) is 63.8 Å². The van der Waals surface area contributed by atoms with Crippen LogP contribution in [0.3, 0.4) is 0 Å². The molecule has 1 aromatic carbocycles. The van der Waals surface area contributed by atoms with Gasteiger partial charge in [0.25, 0.3) is 5.91 Å². The molecule has 0 saturated heterocycles. The quantitative estimate of drug-likeness (QED) is 0.548. The Hall–Kier alpha value is -1.95. The lowest BCUT2D eigenvalue weighted by Gasteiger charge is -2.23. The number of anilines is 1. The minimum atomic E-state index is -0.258. The Morgan fingerprint density at radius 1 is 1.28 bits per heavy atom. The number of hydrogen-bond acceptors (Lipinski definition) is 3. The van der Waals surface area contributed by atoms with Crippen LogP contribution in [-0.2, 0) is 11.3 Å². The fourth-order valence-corrected chi connectivity index (χ4v) is 3.62.